The number of nitrogens with one attached hydrogen (secondary N) is 2. The van der Waals surface area contributed by atoms with Crippen LogP contribution >= 0.6 is 0 Å². The molecule has 0 aromatic heterocycles. The van der Waals surface area contributed by atoms with Crippen molar-refractivity contribution < 1.29 is 19.2 Å². The van der Waals surface area contributed by atoms with Gasteiger partial charge in [0.2, 0.25) is 23.6 Å². The fourth-order valence-corrected chi connectivity index (χ4v) is 5.84. The van der Waals surface area contributed by atoms with Crippen LogP contribution in [0.3, 0.4) is 0 Å². The number of carbonyl (C=O) groups excluding carboxylic acids is 4. The van der Waals surface area contributed by atoms with Gasteiger partial charge in [-0.2, -0.15) is 0 Å². The molecular weight excluding hydrogens is 504 g/mol. The lowest BCUT2D eigenvalue weighted by molar-refractivity contribution is -0.126. The topological polar surface area (TPSA) is 98.8 Å². The largest absolute Gasteiger partial charge is 0.353 e. The van der Waals surface area contributed by atoms with Crippen molar-refractivity contribution in [3.05, 3.63) is 37.0 Å². The second-order valence-electron chi connectivity index (χ2n) is 13.5. The number of hydrogen-bond donors (Lipinski definition) is 2. The number of rotatable bonds is 13. The summed E-state index contributed by atoms with van der Waals surface area (Å²) in [7, 11) is 3.56. The smallest absolute Gasteiger partial charge is 0.246 e. The molecule has 2 N–H and O–H groups in total. The monoisotopic (exact) mass is 558 g/mol. The Morgan fingerprint density at radius 1 is 1.02 bits per heavy atom. The minimum Gasteiger partial charge on any atom is -0.353 e. The highest BCUT2D eigenvalue weighted by molar-refractivity contribution is 5.90. The van der Waals surface area contributed by atoms with Gasteiger partial charge in [-0.15, -0.1) is 0 Å². The predicted octanol–water partition coefficient (Wildman–Crippen LogP) is 4.48. The molecule has 4 amide bonds. The molecule has 1 fully saturated rings. The first-order valence-corrected chi connectivity index (χ1v) is 14.4. The van der Waals surface area contributed by atoms with Gasteiger partial charge in [-0.25, -0.2) is 0 Å². The molecule has 0 aliphatic heterocycles. The van der Waals surface area contributed by atoms with Crippen LogP contribution in [0.15, 0.2) is 37.0 Å². The standard InChI is InChI=1S/C32H54N4O4/c1-12-28(39)35(10)18-17-30(5,6)19-23(2)22-36(11)29(40)16-14-13-15-27(38)34-32(9)20-24(3)26(33-25(4)37)21-31(32,7)8/h12-16,23-24,26H,1,17-22H2,2-11H3,(H,33,37)(H,34,38)/b15-13+,16-14+. The highest BCUT2D eigenvalue weighted by Gasteiger charge is 2.49. The Hall–Kier alpha value is -2.90. The highest BCUT2D eigenvalue weighted by Crippen LogP contribution is 2.46. The van der Waals surface area contributed by atoms with E-state index in [9.17, 15) is 19.2 Å². The van der Waals surface area contributed by atoms with Crippen LogP contribution in [0.4, 0.5) is 0 Å². The SMILES string of the molecule is C=CC(=O)N(C)CCC(C)(C)CC(C)CN(C)C(=O)/C=C/C=C/C(=O)NC1(C)CC(C)C(NC(C)=O)CC1(C)C. The molecule has 0 aromatic rings. The van der Waals surface area contributed by atoms with E-state index in [4.69, 9.17) is 0 Å². The molecular formula is C32H54N4O4. The third-order valence-electron chi connectivity index (χ3n) is 8.56. The fraction of sp³-hybridized carbons (Fsp3) is 0.688. The summed E-state index contributed by atoms with van der Waals surface area (Å²) in [6.07, 6.45) is 10.8. The summed E-state index contributed by atoms with van der Waals surface area (Å²) < 4.78 is 0. The number of nitrogens with zero attached hydrogens (tertiary/aromatic N) is 2. The molecule has 4 unspecified atom stereocenters. The van der Waals surface area contributed by atoms with Crippen molar-refractivity contribution in [2.45, 2.75) is 92.7 Å². The van der Waals surface area contributed by atoms with Crippen LogP contribution in [0.5, 0.6) is 0 Å². The van der Waals surface area contributed by atoms with Gasteiger partial charge in [0.1, 0.15) is 0 Å². The van der Waals surface area contributed by atoms with Gasteiger partial charge in [0.15, 0.2) is 0 Å². The molecule has 0 heterocycles. The summed E-state index contributed by atoms with van der Waals surface area (Å²) in [5, 5.41) is 6.23. The Kier molecular flexibility index (Phi) is 12.9. The maximum atomic E-state index is 12.8. The summed E-state index contributed by atoms with van der Waals surface area (Å²) in [5.74, 6) is 0.0780. The molecule has 40 heavy (non-hydrogen) atoms. The first kappa shape index (κ1) is 35.1. The zero-order valence-corrected chi connectivity index (χ0v) is 26.6. The van der Waals surface area contributed by atoms with Gasteiger partial charge in [0.25, 0.3) is 0 Å². The molecule has 0 spiro atoms. The second kappa shape index (κ2) is 14.6. The second-order valence-corrected chi connectivity index (χ2v) is 13.5. The molecule has 1 rings (SSSR count). The quantitative estimate of drug-likeness (QED) is 0.257. The van der Waals surface area contributed by atoms with E-state index in [0.29, 0.717) is 13.1 Å². The van der Waals surface area contributed by atoms with E-state index in [2.05, 4.69) is 65.7 Å². The number of likely N-dealkylation sites (N-methyl/N-ethyl adjacent to an activating group) is 2. The van der Waals surface area contributed by atoms with Crippen molar-refractivity contribution in [2.24, 2.45) is 22.7 Å². The Balaban J connectivity index is 2.60. The molecule has 1 aliphatic carbocycles. The van der Waals surface area contributed by atoms with Crippen LogP contribution < -0.4 is 10.6 Å². The molecule has 1 aliphatic rings. The van der Waals surface area contributed by atoms with Crippen LogP contribution in [0, 0.1) is 22.7 Å². The lowest BCUT2D eigenvalue weighted by atomic mass is 9.59. The molecule has 0 bridgehead atoms. The van der Waals surface area contributed by atoms with E-state index in [-0.39, 0.29) is 52.3 Å². The van der Waals surface area contributed by atoms with Gasteiger partial charge in [-0.1, -0.05) is 60.3 Å². The summed E-state index contributed by atoms with van der Waals surface area (Å²) in [4.78, 5) is 52.1. The van der Waals surface area contributed by atoms with Crippen molar-refractivity contribution in [2.75, 3.05) is 27.2 Å². The molecule has 226 valence electrons. The van der Waals surface area contributed by atoms with E-state index >= 15 is 0 Å². The average Bonchev–Trinajstić information content (AvgIpc) is 2.82. The number of amides is 4. The lowest BCUT2D eigenvalue weighted by Crippen LogP contribution is -2.63. The van der Waals surface area contributed by atoms with Gasteiger partial charge in [-0.05, 0) is 61.3 Å². The lowest BCUT2D eigenvalue weighted by Gasteiger charge is -2.53. The van der Waals surface area contributed by atoms with Crippen molar-refractivity contribution in [1.29, 1.82) is 0 Å². The normalized spacial score (nSPS) is 23.4. The van der Waals surface area contributed by atoms with Crippen molar-refractivity contribution >= 4 is 23.6 Å². The summed E-state index contributed by atoms with van der Waals surface area (Å²) >= 11 is 0. The summed E-state index contributed by atoms with van der Waals surface area (Å²) in [5.41, 5.74) is -0.616. The third-order valence-corrected chi connectivity index (χ3v) is 8.56. The van der Waals surface area contributed by atoms with Gasteiger partial charge in [0.05, 0.1) is 0 Å². The first-order valence-electron chi connectivity index (χ1n) is 14.4. The predicted molar refractivity (Wildman–Crippen MR) is 162 cm³/mol. The molecule has 8 heteroatoms. The van der Waals surface area contributed by atoms with Gasteiger partial charge < -0.3 is 20.4 Å². The Bertz CT molecular complexity index is 983. The van der Waals surface area contributed by atoms with Gasteiger partial charge in [0, 0.05) is 57.8 Å². The molecule has 0 aromatic carbocycles. The summed E-state index contributed by atoms with van der Waals surface area (Å²) in [6.45, 7) is 21.3. The molecule has 0 saturated heterocycles. The van der Waals surface area contributed by atoms with E-state index < -0.39 is 5.54 Å². The van der Waals surface area contributed by atoms with E-state index in [1.807, 2.05) is 0 Å². The number of allylic oxidation sites excluding steroid dienone is 2. The first-order chi connectivity index (χ1) is 18.3. The average molecular weight is 559 g/mol. The Morgan fingerprint density at radius 2 is 1.62 bits per heavy atom. The molecule has 8 nitrogen and oxygen atoms in total. The minimum atomic E-state index is -0.428. The van der Waals surface area contributed by atoms with E-state index in [0.717, 1.165) is 25.7 Å². The zero-order chi connectivity index (χ0) is 30.9. The highest BCUT2D eigenvalue weighted by atomic mass is 16.2. The molecule has 1 saturated carbocycles. The summed E-state index contributed by atoms with van der Waals surface area (Å²) in [6, 6.07) is 0.0856. The minimum absolute atomic E-state index is 0.0249. The van der Waals surface area contributed by atoms with Crippen LogP contribution in [-0.4, -0.2) is 72.2 Å². The van der Waals surface area contributed by atoms with Crippen molar-refractivity contribution in [3.8, 4) is 0 Å². The van der Waals surface area contributed by atoms with Crippen LogP contribution in [0.1, 0.15) is 81.1 Å². The Morgan fingerprint density at radius 3 is 2.20 bits per heavy atom. The van der Waals surface area contributed by atoms with Crippen LogP contribution in [0.25, 0.3) is 0 Å². The molecule has 4 atom stereocenters. The van der Waals surface area contributed by atoms with E-state index in [1.165, 1.54) is 25.2 Å². The zero-order valence-electron chi connectivity index (χ0n) is 26.6. The maximum absolute atomic E-state index is 12.8. The number of carbonyl (C=O) groups is 4. The van der Waals surface area contributed by atoms with E-state index in [1.54, 1.807) is 36.0 Å². The molecule has 0 radical (unpaired) electrons. The Labute approximate surface area is 242 Å². The fourth-order valence-electron chi connectivity index (χ4n) is 5.84. The maximum Gasteiger partial charge on any atom is 0.246 e. The van der Waals surface area contributed by atoms with Crippen LogP contribution in [-0.2, 0) is 19.2 Å². The van der Waals surface area contributed by atoms with Crippen LogP contribution in [0.2, 0.25) is 0 Å². The third kappa shape index (κ3) is 10.9. The van der Waals surface area contributed by atoms with Crippen molar-refractivity contribution in [3.63, 3.8) is 0 Å². The van der Waals surface area contributed by atoms with Gasteiger partial charge in [-0.3, -0.25) is 19.2 Å². The number of hydrogen-bond acceptors (Lipinski definition) is 4. The van der Waals surface area contributed by atoms with Gasteiger partial charge >= 0.3 is 0 Å². The van der Waals surface area contributed by atoms with Crippen molar-refractivity contribution in [1.82, 2.24) is 20.4 Å².